The molecule has 0 fully saturated rings. The largest absolute Gasteiger partial charge is 0.343 e. The number of aromatic nitrogens is 4. The summed E-state index contributed by atoms with van der Waals surface area (Å²) < 4.78 is 2.68. The molecule has 2 aromatic heterocycles. The topological polar surface area (TPSA) is 98.5 Å². The van der Waals surface area contributed by atoms with Crippen LogP contribution in [0.25, 0.3) is 16.7 Å². The van der Waals surface area contributed by atoms with Gasteiger partial charge in [-0.05, 0) is 26.0 Å². The second-order valence-corrected chi connectivity index (χ2v) is 6.11. The average molecular weight is 346 g/mol. The molecule has 1 aromatic carbocycles. The summed E-state index contributed by atoms with van der Waals surface area (Å²) in [5.74, 6) is 6.37. The van der Waals surface area contributed by atoms with Crippen molar-refractivity contribution < 1.29 is 4.79 Å². The molecule has 3 rings (SSSR count). The van der Waals surface area contributed by atoms with Gasteiger partial charge >= 0.3 is 0 Å². The summed E-state index contributed by atoms with van der Waals surface area (Å²) in [6, 6.07) is 7.12. The number of nitrogens with two attached hydrogens (primary N) is 1. The van der Waals surface area contributed by atoms with Gasteiger partial charge in [0.1, 0.15) is 0 Å². The third-order valence-corrected chi connectivity index (χ3v) is 4.78. The zero-order valence-electron chi connectivity index (χ0n) is 13.5. The summed E-state index contributed by atoms with van der Waals surface area (Å²) in [6.07, 6.45) is 0. The number of rotatable bonds is 5. The molecule has 0 radical (unpaired) electrons. The van der Waals surface area contributed by atoms with E-state index in [1.807, 2.05) is 26.0 Å². The van der Waals surface area contributed by atoms with Crippen molar-refractivity contribution in [2.24, 2.45) is 0 Å². The lowest BCUT2D eigenvalue weighted by atomic mass is 10.2. The van der Waals surface area contributed by atoms with Crippen molar-refractivity contribution in [2.45, 2.75) is 19.0 Å². The van der Waals surface area contributed by atoms with Crippen molar-refractivity contribution in [3.8, 4) is 0 Å². The van der Waals surface area contributed by atoms with Crippen LogP contribution in [0.5, 0.6) is 0 Å². The van der Waals surface area contributed by atoms with Crippen molar-refractivity contribution in [1.82, 2.24) is 24.2 Å². The molecule has 0 spiro atoms. The summed E-state index contributed by atoms with van der Waals surface area (Å²) in [6.45, 7) is 5.22. The Kier molecular flexibility index (Phi) is 4.43. The molecular formula is C15H18N6O2S. The van der Waals surface area contributed by atoms with Crippen LogP contribution in [0.4, 0.5) is 0 Å². The van der Waals surface area contributed by atoms with Crippen LogP contribution < -0.4 is 11.4 Å². The van der Waals surface area contributed by atoms with E-state index in [0.717, 1.165) is 4.68 Å². The number of para-hydroxylation sites is 1. The van der Waals surface area contributed by atoms with E-state index in [1.165, 1.54) is 11.8 Å². The Balaban J connectivity index is 2.04. The number of nitrogens with zero attached hydrogens (tertiary/aromatic N) is 5. The van der Waals surface area contributed by atoms with Crippen LogP contribution in [0.15, 0.2) is 34.2 Å². The summed E-state index contributed by atoms with van der Waals surface area (Å²) >= 11 is 1.28. The van der Waals surface area contributed by atoms with Crippen molar-refractivity contribution in [2.75, 3.05) is 24.7 Å². The lowest BCUT2D eigenvalue weighted by Crippen LogP contribution is -2.32. The molecule has 8 nitrogen and oxygen atoms in total. The first-order chi connectivity index (χ1) is 11.6. The van der Waals surface area contributed by atoms with Crippen LogP contribution in [0.2, 0.25) is 0 Å². The van der Waals surface area contributed by atoms with Gasteiger partial charge in [0.2, 0.25) is 5.91 Å². The standard InChI is InChI=1S/C15H18N6O2S/c1-3-19(4-2)12(22)9-24-15-18-17-14-20(15)11-8-6-5-7-10(11)13(23)21(14)16/h5-8H,3-4,9,16H2,1-2H3. The smallest absolute Gasteiger partial charge is 0.281 e. The minimum atomic E-state index is -0.332. The Labute approximate surface area is 142 Å². The van der Waals surface area contributed by atoms with E-state index in [4.69, 9.17) is 5.84 Å². The number of carbonyl (C=O) groups excluding carboxylic acids is 1. The van der Waals surface area contributed by atoms with Gasteiger partial charge in [-0.15, -0.1) is 10.2 Å². The van der Waals surface area contributed by atoms with Gasteiger partial charge in [-0.3, -0.25) is 14.0 Å². The zero-order valence-corrected chi connectivity index (χ0v) is 14.3. The van der Waals surface area contributed by atoms with Gasteiger partial charge in [-0.2, -0.15) is 4.68 Å². The SMILES string of the molecule is CCN(CC)C(=O)CSc1nnc2n(N)c(=O)c3ccccc3n12. The minimum absolute atomic E-state index is 0.0344. The van der Waals surface area contributed by atoms with Gasteiger partial charge in [0.15, 0.2) is 5.16 Å². The van der Waals surface area contributed by atoms with E-state index < -0.39 is 0 Å². The molecule has 3 aromatic rings. The van der Waals surface area contributed by atoms with Crippen molar-refractivity contribution in [3.63, 3.8) is 0 Å². The van der Waals surface area contributed by atoms with E-state index in [0.29, 0.717) is 29.1 Å². The molecule has 2 heterocycles. The molecule has 24 heavy (non-hydrogen) atoms. The molecule has 0 bridgehead atoms. The number of hydrogen-bond donors (Lipinski definition) is 1. The minimum Gasteiger partial charge on any atom is -0.343 e. The second-order valence-electron chi connectivity index (χ2n) is 5.16. The van der Waals surface area contributed by atoms with Crippen LogP contribution >= 0.6 is 11.8 Å². The molecule has 2 N–H and O–H groups in total. The predicted octanol–water partition coefficient (Wildman–Crippen LogP) is 0.718. The van der Waals surface area contributed by atoms with E-state index in [1.54, 1.807) is 21.4 Å². The molecule has 0 saturated carbocycles. The first-order valence-corrected chi connectivity index (χ1v) is 8.61. The van der Waals surface area contributed by atoms with Crippen LogP contribution in [0.3, 0.4) is 0 Å². The van der Waals surface area contributed by atoms with E-state index in [-0.39, 0.29) is 23.0 Å². The lowest BCUT2D eigenvalue weighted by molar-refractivity contribution is -0.127. The Morgan fingerprint density at radius 1 is 1.25 bits per heavy atom. The lowest BCUT2D eigenvalue weighted by Gasteiger charge is -2.17. The molecule has 0 aliphatic heterocycles. The number of benzene rings is 1. The number of fused-ring (bicyclic) bond motifs is 3. The van der Waals surface area contributed by atoms with Crippen molar-refractivity contribution in [3.05, 3.63) is 34.6 Å². The summed E-state index contributed by atoms with van der Waals surface area (Å²) in [5, 5.41) is 9.10. The molecular weight excluding hydrogens is 328 g/mol. The Morgan fingerprint density at radius 3 is 2.67 bits per heavy atom. The molecule has 1 amide bonds. The van der Waals surface area contributed by atoms with Crippen LogP contribution in [-0.4, -0.2) is 48.9 Å². The third-order valence-electron chi connectivity index (χ3n) is 3.87. The van der Waals surface area contributed by atoms with Crippen molar-refractivity contribution in [1.29, 1.82) is 0 Å². The highest BCUT2D eigenvalue weighted by Gasteiger charge is 2.17. The fraction of sp³-hybridized carbons (Fsp3) is 0.333. The first kappa shape index (κ1) is 16.3. The molecule has 9 heteroatoms. The van der Waals surface area contributed by atoms with Gasteiger partial charge in [-0.1, -0.05) is 23.9 Å². The van der Waals surface area contributed by atoms with Crippen LogP contribution in [0.1, 0.15) is 13.8 Å². The summed E-state index contributed by atoms with van der Waals surface area (Å²) in [7, 11) is 0. The molecule has 0 atom stereocenters. The summed E-state index contributed by atoms with van der Waals surface area (Å²) in [5.41, 5.74) is 0.336. The fourth-order valence-corrected chi connectivity index (χ4v) is 3.43. The van der Waals surface area contributed by atoms with E-state index >= 15 is 0 Å². The molecule has 0 aliphatic rings. The number of carbonyl (C=O) groups is 1. The Hall–Kier alpha value is -2.55. The number of nitrogen functional groups attached to an aromatic ring is 1. The quantitative estimate of drug-likeness (QED) is 0.540. The maximum absolute atomic E-state index is 12.3. The number of thioether (sulfide) groups is 1. The van der Waals surface area contributed by atoms with Crippen LogP contribution in [-0.2, 0) is 4.79 Å². The van der Waals surface area contributed by atoms with Gasteiger partial charge in [0.25, 0.3) is 11.3 Å². The van der Waals surface area contributed by atoms with E-state index in [9.17, 15) is 9.59 Å². The fourth-order valence-electron chi connectivity index (χ4n) is 2.59. The maximum Gasteiger partial charge on any atom is 0.281 e. The predicted molar refractivity (Wildman–Crippen MR) is 93.6 cm³/mol. The Bertz CT molecular complexity index is 960. The highest BCUT2D eigenvalue weighted by atomic mass is 32.2. The van der Waals surface area contributed by atoms with Gasteiger partial charge < -0.3 is 10.7 Å². The zero-order chi connectivity index (χ0) is 17.3. The first-order valence-electron chi connectivity index (χ1n) is 7.63. The highest BCUT2D eigenvalue weighted by molar-refractivity contribution is 7.99. The average Bonchev–Trinajstić information content (AvgIpc) is 3.03. The normalized spacial score (nSPS) is 11.2. The highest BCUT2D eigenvalue weighted by Crippen LogP contribution is 2.21. The van der Waals surface area contributed by atoms with Gasteiger partial charge in [-0.25, -0.2) is 0 Å². The maximum atomic E-state index is 12.3. The molecule has 0 aliphatic carbocycles. The van der Waals surface area contributed by atoms with Crippen LogP contribution in [0, 0.1) is 0 Å². The molecule has 126 valence electrons. The van der Waals surface area contributed by atoms with Gasteiger partial charge in [0, 0.05) is 13.1 Å². The number of amides is 1. The molecule has 0 saturated heterocycles. The van der Waals surface area contributed by atoms with Gasteiger partial charge in [0.05, 0.1) is 16.7 Å². The Morgan fingerprint density at radius 2 is 1.96 bits per heavy atom. The third kappa shape index (κ3) is 2.60. The monoisotopic (exact) mass is 346 g/mol. The summed E-state index contributed by atoms with van der Waals surface area (Å²) in [4.78, 5) is 26.2. The van der Waals surface area contributed by atoms with Crippen molar-refractivity contribution >= 4 is 34.3 Å². The van der Waals surface area contributed by atoms with E-state index in [2.05, 4.69) is 10.2 Å². The second kappa shape index (κ2) is 6.52. The molecule has 0 unspecified atom stereocenters. The number of hydrogen-bond acceptors (Lipinski definition) is 6.